The molecule has 5 heteroatoms. The van der Waals surface area contributed by atoms with Crippen LogP contribution in [0.2, 0.25) is 0 Å². The molecular formula is C21H20N4O. The lowest BCUT2D eigenvalue weighted by atomic mass is 10.0. The predicted octanol–water partition coefficient (Wildman–Crippen LogP) is 4.08. The number of hydrogen-bond donors (Lipinski definition) is 1. The van der Waals surface area contributed by atoms with Crippen molar-refractivity contribution in [3.05, 3.63) is 71.4 Å². The second kappa shape index (κ2) is 6.11. The highest BCUT2D eigenvalue weighted by Crippen LogP contribution is 2.25. The molecule has 0 atom stereocenters. The van der Waals surface area contributed by atoms with Crippen LogP contribution in [0.25, 0.3) is 22.5 Å². The zero-order chi connectivity index (χ0) is 17.5. The number of aromatic amines is 1. The van der Waals surface area contributed by atoms with E-state index in [1.807, 2.05) is 18.3 Å². The van der Waals surface area contributed by atoms with Crippen molar-refractivity contribution in [3.8, 4) is 11.6 Å². The van der Waals surface area contributed by atoms with E-state index in [1.54, 1.807) is 6.26 Å². The molecule has 3 aromatic heterocycles. The third kappa shape index (κ3) is 2.70. The third-order valence-corrected chi connectivity index (χ3v) is 5.08. The van der Waals surface area contributed by atoms with E-state index in [4.69, 9.17) is 9.40 Å². The van der Waals surface area contributed by atoms with Gasteiger partial charge in [0.2, 0.25) is 0 Å². The van der Waals surface area contributed by atoms with Crippen LogP contribution in [0.15, 0.2) is 53.4 Å². The molecule has 1 N–H and O–H groups in total. The van der Waals surface area contributed by atoms with Crippen LogP contribution in [-0.2, 0) is 19.5 Å². The van der Waals surface area contributed by atoms with Crippen molar-refractivity contribution in [2.45, 2.75) is 26.4 Å². The van der Waals surface area contributed by atoms with Gasteiger partial charge in [0, 0.05) is 42.9 Å². The van der Waals surface area contributed by atoms with Crippen LogP contribution in [0.5, 0.6) is 0 Å². The number of aromatic nitrogens is 3. The highest BCUT2D eigenvalue weighted by atomic mass is 16.3. The number of hydrogen-bond acceptors (Lipinski definition) is 4. The van der Waals surface area contributed by atoms with Gasteiger partial charge in [0.05, 0.1) is 12.0 Å². The first-order valence-electron chi connectivity index (χ1n) is 8.94. The number of H-pyrrole nitrogens is 1. The maximum absolute atomic E-state index is 5.44. The lowest BCUT2D eigenvalue weighted by Crippen LogP contribution is -2.31. The number of nitrogens with zero attached hydrogens (tertiary/aromatic N) is 3. The molecule has 0 fully saturated rings. The molecule has 26 heavy (non-hydrogen) atoms. The van der Waals surface area contributed by atoms with Crippen molar-refractivity contribution >= 4 is 10.9 Å². The van der Waals surface area contributed by atoms with Gasteiger partial charge in [-0.25, -0.2) is 9.97 Å². The Morgan fingerprint density at radius 3 is 3.12 bits per heavy atom. The Hall–Kier alpha value is -2.92. The van der Waals surface area contributed by atoms with Crippen LogP contribution >= 0.6 is 0 Å². The van der Waals surface area contributed by atoms with Crippen molar-refractivity contribution in [2.24, 2.45) is 0 Å². The number of fused-ring (bicyclic) bond motifs is 2. The first kappa shape index (κ1) is 15.3. The predicted molar refractivity (Wildman–Crippen MR) is 101 cm³/mol. The second-order valence-corrected chi connectivity index (χ2v) is 6.97. The molecule has 1 aliphatic heterocycles. The SMILES string of the molecule is Cc1ccc2[nH]cc(CN3CCc4cnc(-c5ccco5)nc4C3)c2c1. The van der Waals surface area contributed by atoms with Gasteiger partial charge in [-0.05, 0) is 48.7 Å². The van der Waals surface area contributed by atoms with Gasteiger partial charge in [-0.15, -0.1) is 0 Å². The average Bonchev–Trinajstić information content (AvgIpc) is 3.32. The number of benzene rings is 1. The molecule has 4 aromatic rings. The van der Waals surface area contributed by atoms with E-state index in [0.29, 0.717) is 5.82 Å². The molecule has 5 rings (SSSR count). The molecule has 0 radical (unpaired) electrons. The van der Waals surface area contributed by atoms with Crippen molar-refractivity contribution in [1.29, 1.82) is 0 Å². The van der Waals surface area contributed by atoms with Crippen molar-refractivity contribution in [3.63, 3.8) is 0 Å². The summed E-state index contributed by atoms with van der Waals surface area (Å²) in [5.74, 6) is 1.38. The lowest BCUT2D eigenvalue weighted by Gasteiger charge is -2.27. The minimum absolute atomic E-state index is 0.665. The van der Waals surface area contributed by atoms with Gasteiger partial charge in [-0.1, -0.05) is 11.6 Å². The Labute approximate surface area is 151 Å². The molecule has 4 heterocycles. The van der Waals surface area contributed by atoms with E-state index in [2.05, 4.69) is 46.2 Å². The number of furan rings is 1. The molecule has 0 unspecified atom stereocenters. The number of nitrogens with one attached hydrogen (secondary N) is 1. The van der Waals surface area contributed by atoms with E-state index in [0.717, 1.165) is 37.5 Å². The van der Waals surface area contributed by atoms with E-state index in [-0.39, 0.29) is 0 Å². The van der Waals surface area contributed by atoms with Gasteiger partial charge < -0.3 is 9.40 Å². The maximum atomic E-state index is 5.44. The Kier molecular flexibility index (Phi) is 3.60. The summed E-state index contributed by atoms with van der Waals surface area (Å²) in [6.45, 7) is 4.92. The van der Waals surface area contributed by atoms with E-state index >= 15 is 0 Å². The summed E-state index contributed by atoms with van der Waals surface area (Å²) in [7, 11) is 0. The molecular weight excluding hydrogens is 324 g/mol. The van der Waals surface area contributed by atoms with E-state index in [1.165, 1.54) is 27.6 Å². The van der Waals surface area contributed by atoms with Crippen LogP contribution in [0.4, 0.5) is 0 Å². The van der Waals surface area contributed by atoms with Gasteiger partial charge in [-0.3, -0.25) is 4.90 Å². The number of rotatable bonds is 3. The number of aryl methyl sites for hydroxylation is 1. The largest absolute Gasteiger partial charge is 0.461 e. The zero-order valence-electron chi connectivity index (χ0n) is 14.7. The minimum atomic E-state index is 0.665. The van der Waals surface area contributed by atoms with Crippen molar-refractivity contribution in [1.82, 2.24) is 19.9 Å². The molecule has 0 amide bonds. The molecule has 5 nitrogen and oxygen atoms in total. The fourth-order valence-electron chi connectivity index (χ4n) is 3.68. The van der Waals surface area contributed by atoms with Gasteiger partial charge >= 0.3 is 0 Å². The van der Waals surface area contributed by atoms with Crippen LogP contribution in [0.3, 0.4) is 0 Å². The molecule has 0 bridgehead atoms. The van der Waals surface area contributed by atoms with Crippen molar-refractivity contribution < 1.29 is 4.42 Å². The summed E-state index contributed by atoms with van der Waals surface area (Å²) in [6.07, 6.45) is 6.72. The Balaban J connectivity index is 1.41. The van der Waals surface area contributed by atoms with Gasteiger partial charge in [0.25, 0.3) is 0 Å². The Morgan fingerprint density at radius 1 is 1.27 bits per heavy atom. The highest BCUT2D eigenvalue weighted by molar-refractivity contribution is 5.83. The summed E-state index contributed by atoms with van der Waals surface area (Å²) in [5, 5.41) is 1.31. The van der Waals surface area contributed by atoms with Crippen molar-refractivity contribution in [2.75, 3.05) is 6.54 Å². The van der Waals surface area contributed by atoms with E-state index in [9.17, 15) is 0 Å². The summed E-state index contributed by atoms with van der Waals surface area (Å²) in [6, 6.07) is 10.3. The smallest absolute Gasteiger partial charge is 0.195 e. The normalized spacial score (nSPS) is 14.7. The molecule has 0 spiro atoms. The lowest BCUT2D eigenvalue weighted by molar-refractivity contribution is 0.242. The Morgan fingerprint density at radius 2 is 2.23 bits per heavy atom. The summed E-state index contributed by atoms with van der Waals surface area (Å²) in [5.41, 5.74) is 6.18. The molecule has 1 aliphatic rings. The zero-order valence-corrected chi connectivity index (χ0v) is 14.7. The van der Waals surface area contributed by atoms with E-state index < -0.39 is 0 Å². The van der Waals surface area contributed by atoms with Crippen LogP contribution < -0.4 is 0 Å². The quantitative estimate of drug-likeness (QED) is 0.608. The molecule has 0 saturated carbocycles. The highest BCUT2D eigenvalue weighted by Gasteiger charge is 2.20. The van der Waals surface area contributed by atoms with Gasteiger partial charge in [0.15, 0.2) is 11.6 Å². The summed E-state index contributed by atoms with van der Waals surface area (Å²) < 4.78 is 5.44. The maximum Gasteiger partial charge on any atom is 0.195 e. The topological polar surface area (TPSA) is 58.0 Å². The van der Waals surface area contributed by atoms with Crippen LogP contribution in [0, 0.1) is 6.92 Å². The summed E-state index contributed by atoms with van der Waals surface area (Å²) >= 11 is 0. The summed E-state index contributed by atoms with van der Waals surface area (Å²) in [4.78, 5) is 15.1. The minimum Gasteiger partial charge on any atom is -0.461 e. The molecule has 130 valence electrons. The third-order valence-electron chi connectivity index (χ3n) is 5.08. The Bertz CT molecular complexity index is 1070. The van der Waals surface area contributed by atoms with Gasteiger partial charge in [0.1, 0.15) is 0 Å². The first-order chi connectivity index (χ1) is 12.8. The molecule has 1 aromatic carbocycles. The second-order valence-electron chi connectivity index (χ2n) is 6.97. The fourth-order valence-corrected chi connectivity index (χ4v) is 3.68. The monoisotopic (exact) mass is 344 g/mol. The fraction of sp³-hybridized carbons (Fsp3) is 0.238. The van der Waals surface area contributed by atoms with Gasteiger partial charge in [-0.2, -0.15) is 0 Å². The molecule has 0 aliphatic carbocycles. The van der Waals surface area contributed by atoms with Crippen LogP contribution in [0.1, 0.15) is 22.4 Å². The average molecular weight is 344 g/mol. The molecule has 0 saturated heterocycles. The first-order valence-corrected chi connectivity index (χ1v) is 8.94. The van der Waals surface area contributed by atoms with Crippen LogP contribution in [-0.4, -0.2) is 26.4 Å². The standard InChI is InChI=1S/C21H20N4O/c1-14-4-5-18-17(9-14)16(11-22-18)12-25-7-6-15-10-23-21(24-19(15)13-25)20-3-2-8-26-20/h2-5,8-11,22H,6-7,12-13H2,1H3.